The molecule has 3 saturated heterocycles. The van der Waals surface area contributed by atoms with Crippen LogP contribution in [-0.2, 0) is 0 Å². The van der Waals surface area contributed by atoms with Crippen LogP contribution < -0.4 is 14.4 Å². The van der Waals surface area contributed by atoms with Gasteiger partial charge in [-0.3, -0.25) is 0 Å². The lowest BCUT2D eigenvalue weighted by atomic mass is 9.83. The van der Waals surface area contributed by atoms with Crippen LogP contribution >= 0.6 is 0 Å². The Labute approximate surface area is 112 Å². The SMILES string of the molecule is O[C@@H]1/C(=C/c2ccc3c(c2)OCO3)[NH+]2CCC1CC2. The number of rotatable bonds is 1. The van der Waals surface area contributed by atoms with E-state index < -0.39 is 0 Å². The first kappa shape index (κ1) is 11.3. The fourth-order valence-corrected chi connectivity index (χ4v) is 3.43. The lowest BCUT2D eigenvalue weighted by Crippen LogP contribution is -3.14. The molecule has 2 N–H and O–H groups in total. The van der Waals surface area contributed by atoms with E-state index in [1.807, 2.05) is 18.2 Å². The fourth-order valence-electron chi connectivity index (χ4n) is 3.43. The molecular formula is C15H18NO3+. The molecule has 2 bridgehead atoms. The molecule has 5 rings (SSSR count). The van der Waals surface area contributed by atoms with Gasteiger partial charge in [-0.05, 0) is 17.7 Å². The van der Waals surface area contributed by atoms with Crippen LogP contribution in [0.2, 0.25) is 0 Å². The molecule has 1 aromatic carbocycles. The van der Waals surface area contributed by atoms with Crippen LogP contribution in [0.4, 0.5) is 0 Å². The van der Waals surface area contributed by atoms with E-state index in [1.54, 1.807) is 0 Å². The summed E-state index contributed by atoms with van der Waals surface area (Å²) in [7, 11) is 0. The molecule has 1 aromatic rings. The summed E-state index contributed by atoms with van der Waals surface area (Å²) in [6.07, 6.45) is 4.14. The van der Waals surface area contributed by atoms with E-state index in [4.69, 9.17) is 9.47 Å². The number of aliphatic hydroxyl groups excluding tert-OH is 1. The van der Waals surface area contributed by atoms with Crippen molar-refractivity contribution < 1.29 is 19.5 Å². The molecule has 4 aliphatic rings. The Morgan fingerprint density at radius 3 is 2.74 bits per heavy atom. The number of nitrogens with one attached hydrogen (secondary N) is 1. The summed E-state index contributed by atoms with van der Waals surface area (Å²) in [5, 5.41) is 10.4. The molecule has 4 heterocycles. The summed E-state index contributed by atoms with van der Waals surface area (Å²) < 4.78 is 10.7. The molecule has 0 radical (unpaired) electrons. The molecule has 0 saturated carbocycles. The number of quaternary nitrogens is 1. The van der Waals surface area contributed by atoms with E-state index in [0.29, 0.717) is 12.7 Å². The quantitative estimate of drug-likeness (QED) is 0.769. The molecule has 0 amide bonds. The Morgan fingerprint density at radius 2 is 1.95 bits per heavy atom. The molecule has 100 valence electrons. The number of hydrogen-bond acceptors (Lipinski definition) is 3. The van der Waals surface area contributed by atoms with Gasteiger partial charge in [0.05, 0.1) is 13.1 Å². The van der Waals surface area contributed by atoms with Crippen LogP contribution in [0.1, 0.15) is 18.4 Å². The Balaban J connectivity index is 1.68. The van der Waals surface area contributed by atoms with Crippen molar-refractivity contribution >= 4 is 6.08 Å². The van der Waals surface area contributed by atoms with Crippen LogP contribution in [0, 0.1) is 5.92 Å². The third-order valence-electron chi connectivity index (χ3n) is 4.53. The van der Waals surface area contributed by atoms with Crippen LogP contribution in [0.3, 0.4) is 0 Å². The summed E-state index contributed by atoms with van der Waals surface area (Å²) in [6, 6.07) is 5.95. The Hall–Kier alpha value is -1.52. The largest absolute Gasteiger partial charge is 0.454 e. The van der Waals surface area contributed by atoms with Crippen molar-refractivity contribution in [2.45, 2.75) is 18.9 Å². The number of aliphatic hydroxyl groups is 1. The maximum Gasteiger partial charge on any atom is 0.231 e. The average molecular weight is 260 g/mol. The van der Waals surface area contributed by atoms with Crippen molar-refractivity contribution in [3.8, 4) is 11.5 Å². The van der Waals surface area contributed by atoms with Gasteiger partial charge < -0.3 is 19.5 Å². The molecule has 0 spiro atoms. The lowest BCUT2D eigenvalue weighted by molar-refractivity contribution is -0.880. The number of ether oxygens (including phenoxy) is 2. The minimum absolute atomic E-state index is 0.275. The molecule has 0 unspecified atom stereocenters. The van der Waals surface area contributed by atoms with Crippen molar-refractivity contribution in [3.63, 3.8) is 0 Å². The van der Waals surface area contributed by atoms with Gasteiger partial charge in [0.1, 0.15) is 11.8 Å². The molecule has 1 atom stereocenters. The molecule has 4 nitrogen and oxygen atoms in total. The predicted molar refractivity (Wildman–Crippen MR) is 70.0 cm³/mol. The van der Waals surface area contributed by atoms with Crippen molar-refractivity contribution in [1.82, 2.24) is 0 Å². The summed E-state index contributed by atoms with van der Waals surface area (Å²) in [4.78, 5) is 1.44. The van der Waals surface area contributed by atoms with Gasteiger partial charge in [0.2, 0.25) is 6.79 Å². The van der Waals surface area contributed by atoms with Gasteiger partial charge in [0.15, 0.2) is 11.5 Å². The van der Waals surface area contributed by atoms with Crippen LogP contribution in [0.25, 0.3) is 6.08 Å². The number of hydrogen-bond donors (Lipinski definition) is 2. The first-order chi connectivity index (χ1) is 9.31. The van der Waals surface area contributed by atoms with Crippen molar-refractivity contribution in [2.24, 2.45) is 5.92 Å². The van der Waals surface area contributed by atoms with Crippen LogP contribution in [0.15, 0.2) is 23.9 Å². The molecule has 0 aromatic heterocycles. The van der Waals surface area contributed by atoms with Crippen molar-refractivity contribution in [1.29, 1.82) is 0 Å². The summed E-state index contributed by atoms with van der Waals surface area (Å²) >= 11 is 0. The molecule has 4 aliphatic heterocycles. The van der Waals surface area contributed by atoms with E-state index in [-0.39, 0.29) is 6.10 Å². The second-order valence-electron chi connectivity index (χ2n) is 5.60. The van der Waals surface area contributed by atoms with Crippen LogP contribution in [-0.4, -0.2) is 31.1 Å². The first-order valence-electron chi connectivity index (χ1n) is 6.95. The van der Waals surface area contributed by atoms with Gasteiger partial charge in [-0.25, -0.2) is 0 Å². The number of benzene rings is 1. The minimum Gasteiger partial charge on any atom is -0.454 e. The summed E-state index contributed by atoms with van der Waals surface area (Å²) in [6.45, 7) is 2.60. The predicted octanol–water partition coefficient (Wildman–Crippen LogP) is 0.426. The highest BCUT2D eigenvalue weighted by Gasteiger charge is 2.41. The molecule has 3 fully saturated rings. The van der Waals surface area contributed by atoms with Gasteiger partial charge >= 0.3 is 0 Å². The van der Waals surface area contributed by atoms with Crippen molar-refractivity contribution in [3.05, 3.63) is 29.5 Å². The highest BCUT2D eigenvalue weighted by molar-refractivity contribution is 5.58. The van der Waals surface area contributed by atoms with E-state index in [0.717, 1.165) is 48.7 Å². The number of piperidine rings is 3. The van der Waals surface area contributed by atoms with Gasteiger partial charge in [-0.2, -0.15) is 0 Å². The van der Waals surface area contributed by atoms with E-state index in [2.05, 4.69) is 6.08 Å². The Kier molecular flexibility index (Phi) is 2.53. The monoisotopic (exact) mass is 260 g/mol. The second kappa shape index (κ2) is 4.25. The molecule has 4 heteroatoms. The first-order valence-corrected chi connectivity index (χ1v) is 6.95. The molecule has 0 aliphatic carbocycles. The van der Waals surface area contributed by atoms with E-state index >= 15 is 0 Å². The topological polar surface area (TPSA) is 43.1 Å². The van der Waals surface area contributed by atoms with E-state index in [9.17, 15) is 5.11 Å². The summed E-state index contributed by atoms with van der Waals surface area (Å²) in [5.41, 5.74) is 2.22. The Morgan fingerprint density at radius 1 is 1.16 bits per heavy atom. The zero-order valence-electron chi connectivity index (χ0n) is 10.8. The summed E-state index contributed by atoms with van der Waals surface area (Å²) in [5.74, 6) is 2.06. The maximum atomic E-state index is 10.4. The third kappa shape index (κ3) is 1.83. The van der Waals surface area contributed by atoms with Crippen molar-refractivity contribution in [2.75, 3.05) is 19.9 Å². The standard InChI is InChI=1S/C15H17NO3/c17-15-11-3-5-16(6-4-11)12(15)7-10-1-2-13-14(8-10)19-9-18-13/h1-2,7-8,11,15,17H,3-6,9H2/p+1/b12-7-/t15-/m0/s1. The normalized spacial score (nSPS) is 33.9. The smallest absolute Gasteiger partial charge is 0.231 e. The van der Waals surface area contributed by atoms with Crippen LogP contribution in [0.5, 0.6) is 11.5 Å². The second-order valence-corrected chi connectivity index (χ2v) is 5.60. The van der Waals surface area contributed by atoms with E-state index in [1.165, 1.54) is 4.90 Å². The van der Waals surface area contributed by atoms with Gasteiger partial charge in [-0.15, -0.1) is 0 Å². The lowest BCUT2D eigenvalue weighted by Gasteiger charge is -2.41. The van der Waals surface area contributed by atoms with Gasteiger partial charge in [0.25, 0.3) is 0 Å². The number of fused-ring (bicyclic) bond motifs is 4. The highest BCUT2D eigenvalue weighted by atomic mass is 16.7. The fraction of sp³-hybridized carbons (Fsp3) is 0.467. The average Bonchev–Trinajstić information content (AvgIpc) is 2.91. The molecule has 19 heavy (non-hydrogen) atoms. The van der Waals surface area contributed by atoms with Gasteiger partial charge in [0, 0.05) is 24.8 Å². The van der Waals surface area contributed by atoms with Gasteiger partial charge in [-0.1, -0.05) is 6.07 Å². The highest BCUT2D eigenvalue weighted by Crippen LogP contribution is 2.33. The Bertz CT molecular complexity index is 528. The molecular weight excluding hydrogens is 242 g/mol. The maximum absolute atomic E-state index is 10.4. The third-order valence-corrected chi connectivity index (χ3v) is 4.53. The zero-order chi connectivity index (χ0) is 12.8. The minimum atomic E-state index is -0.275. The zero-order valence-corrected chi connectivity index (χ0v) is 10.8.